The Morgan fingerprint density at radius 1 is 1.71 bits per heavy atom. The van der Waals surface area contributed by atoms with E-state index in [1.54, 1.807) is 0 Å². The van der Waals surface area contributed by atoms with Gasteiger partial charge in [0.25, 0.3) is 5.56 Å². The van der Waals surface area contributed by atoms with Crippen molar-refractivity contribution in [1.82, 2.24) is 9.97 Å². The van der Waals surface area contributed by atoms with Crippen molar-refractivity contribution in [2.24, 2.45) is 0 Å². The second-order valence-electron chi connectivity index (χ2n) is 2.52. The predicted molar refractivity (Wildman–Crippen MR) is 54.9 cm³/mol. The third kappa shape index (κ3) is 3.01. The van der Waals surface area contributed by atoms with Crippen LogP contribution < -0.4 is 10.9 Å². The molecule has 0 aliphatic carbocycles. The van der Waals surface area contributed by atoms with E-state index in [9.17, 15) is 4.79 Å². The second-order valence-corrected chi connectivity index (χ2v) is 2.90. The van der Waals surface area contributed by atoms with Gasteiger partial charge >= 0.3 is 0 Å². The third-order valence-electron chi connectivity index (χ3n) is 1.54. The normalized spacial score (nSPS) is 10.1. The van der Waals surface area contributed by atoms with Gasteiger partial charge in [-0.1, -0.05) is 11.6 Å². The summed E-state index contributed by atoms with van der Waals surface area (Å²) in [5, 5.41) is 2.97. The first-order valence-electron chi connectivity index (χ1n) is 4.30. The first-order chi connectivity index (χ1) is 6.75. The lowest BCUT2D eigenvalue weighted by molar-refractivity contribution is 0.158. The number of H-pyrrole nitrogens is 1. The molecule has 1 heterocycles. The zero-order chi connectivity index (χ0) is 10.4. The molecule has 14 heavy (non-hydrogen) atoms. The zero-order valence-corrected chi connectivity index (χ0v) is 8.60. The summed E-state index contributed by atoms with van der Waals surface area (Å²) >= 11 is 5.70. The van der Waals surface area contributed by atoms with Crippen LogP contribution in [0.15, 0.2) is 11.1 Å². The van der Waals surface area contributed by atoms with E-state index in [1.165, 1.54) is 6.33 Å². The fraction of sp³-hybridized carbons (Fsp3) is 0.500. The molecule has 78 valence electrons. The van der Waals surface area contributed by atoms with E-state index in [2.05, 4.69) is 15.3 Å². The van der Waals surface area contributed by atoms with Gasteiger partial charge in [-0.25, -0.2) is 4.98 Å². The molecular formula is C8H12ClN3O2. The summed E-state index contributed by atoms with van der Waals surface area (Å²) in [6, 6.07) is 0. The quantitative estimate of drug-likeness (QED) is 0.719. The maximum absolute atomic E-state index is 11.0. The minimum atomic E-state index is -0.347. The molecule has 0 fully saturated rings. The van der Waals surface area contributed by atoms with Gasteiger partial charge in [0.1, 0.15) is 5.02 Å². The average molecular weight is 218 g/mol. The topological polar surface area (TPSA) is 67.0 Å². The molecule has 2 N–H and O–H groups in total. The van der Waals surface area contributed by atoms with Crippen LogP contribution in [0.25, 0.3) is 0 Å². The molecule has 0 atom stereocenters. The maximum atomic E-state index is 11.0. The van der Waals surface area contributed by atoms with Gasteiger partial charge in [0.15, 0.2) is 5.82 Å². The van der Waals surface area contributed by atoms with Crippen molar-refractivity contribution in [3.63, 3.8) is 0 Å². The standard InChI is InChI=1S/C8H12ClN3O2/c1-2-14-4-3-10-7-6(9)8(13)12-5-11-7/h5H,2-4H2,1H3,(H2,10,11,12,13). The highest BCUT2D eigenvalue weighted by atomic mass is 35.5. The molecule has 0 saturated heterocycles. The maximum Gasteiger partial charge on any atom is 0.271 e. The molecule has 0 unspecified atom stereocenters. The number of anilines is 1. The van der Waals surface area contributed by atoms with Crippen LogP contribution in [0.1, 0.15) is 6.92 Å². The van der Waals surface area contributed by atoms with Crippen LogP contribution in [0.2, 0.25) is 5.02 Å². The number of halogens is 1. The average Bonchev–Trinajstić information content (AvgIpc) is 2.19. The highest BCUT2D eigenvalue weighted by molar-refractivity contribution is 6.32. The van der Waals surface area contributed by atoms with Gasteiger partial charge in [-0.15, -0.1) is 0 Å². The number of nitrogens with zero attached hydrogens (tertiary/aromatic N) is 1. The van der Waals surface area contributed by atoms with Crippen LogP contribution in [-0.4, -0.2) is 29.7 Å². The molecule has 0 amide bonds. The number of aromatic amines is 1. The fourth-order valence-electron chi connectivity index (χ4n) is 0.892. The molecule has 0 spiro atoms. The van der Waals surface area contributed by atoms with E-state index in [0.717, 1.165) is 0 Å². The number of aromatic nitrogens is 2. The van der Waals surface area contributed by atoms with Crippen molar-refractivity contribution >= 4 is 17.4 Å². The largest absolute Gasteiger partial charge is 0.380 e. The Labute approximate surface area is 86.5 Å². The molecule has 1 rings (SSSR count). The molecule has 5 nitrogen and oxygen atoms in total. The van der Waals surface area contributed by atoms with Gasteiger partial charge in [0.2, 0.25) is 0 Å². The van der Waals surface area contributed by atoms with E-state index in [-0.39, 0.29) is 10.6 Å². The van der Waals surface area contributed by atoms with Crippen molar-refractivity contribution < 1.29 is 4.74 Å². The second kappa shape index (κ2) is 5.62. The van der Waals surface area contributed by atoms with Crippen LogP contribution in [0.3, 0.4) is 0 Å². The molecular weight excluding hydrogens is 206 g/mol. The van der Waals surface area contributed by atoms with Gasteiger partial charge in [0.05, 0.1) is 12.9 Å². The van der Waals surface area contributed by atoms with Crippen LogP contribution in [0.5, 0.6) is 0 Å². The number of nitrogens with one attached hydrogen (secondary N) is 2. The van der Waals surface area contributed by atoms with Crippen molar-refractivity contribution in [2.45, 2.75) is 6.92 Å². The van der Waals surface area contributed by atoms with E-state index in [1.807, 2.05) is 6.92 Å². The summed E-state index contributed by atoms with van der Waals surface area (Å²) < 4.78 is 5.11. The Kier molecular flexibility index (Phi) is 4.42. The SMILES string of the molecule is CCOCCNc1nc[nH]c(=O)c1Cl. The molecule has 0 aromatic carbocycles. The predicted octanol–water partition coefficient (Wildman–Crippen LogP) is 0.872. The molecule has 0 saturated carbocycles. The first kappa shape index (κ1) is 11.0. The molecule has 0 radical (unpaired) electrons. The lowest BCUT2D eigenvalue weighted by Crippen LogP contribution is -2.15. The molecule has 0 bridgehead atoms. The summed E-state index contributed by atoms with van der Waals surface area (Å²) in [4.78, 5) is 17.3. The monoisotopic (exact) mass is 217 g/mol. The number of hydrogen-bond acceptors (Lipinski definition) is 4. The number of rotatable bonds is 5. The van der Waals surface area contributed by atoms with Gasteiger partial charge < -0.3 is 15.0 Å². The van der Waals surface area contributed by atoms with Crippen molar-refractivity contribution in [3.05, 3.63) is 21.7 Å². The van der Waals surface area contributed by atoms with E-state index < -0.39 is 0 Å². The highest BCUT2D eigenvalue weighted by Crippen LogP contribution is 2.10. The van der Waals surface area contributed by atoms with Gasteiger partial charge in [-0.2, -0.15) is 0 Å². The van der Waals surface area contributed by atoms with E-state index in [0.29, 0.717) is 25.6 Å². The van der Waals surface area contributed by atoms with Gasteiger partial charge in [-0.05, 0) is 6.92 Å². The molecule has 0 aliphatic heterocycles. The molecule has 0 aliphatic rings. The summed E-state index contributed by atoms with van der Waals surface area (Å²) in [5.74, 6) is 0.384. The molecule has 6 heteroatoms. The zero-order valence-electron chi connectivity index (χ0n) is 7.84. The number of hydrogen-bond donors (Lipinski definition) is 2. The Hall–Kier alpha value is -1.07. The summed E-state index contributed by atoms with van der Waals surface area (Å²) in [6.45, 7) is 3.71. The van der Waals surface area contributed by atoms with Crippen LogP contribution in [0.4, 0.5) is 5.82 Å². The van der Waals surface area contributed by atoms with E-state index in [4.69, 9.17) is 16.3 Å². The first-order valence-corrected chi connectivity index (χ1v) is 4.68. The number of ether oxygens (including phenoxy) is 1. The van der Waals surface area contributed by atoms with Crippen molar-refractivity contribution in [1.29, 1.82) is 0 Å². The minimum Gasteiger partial charge on any atom is -0.380 e. The Bertz CT molecular complexity index is 340. The lowest BCUT2D eigenvalue weighted by atomic mass is 10.5. The van der Waals surface area contributed by atoms with E-state index >= 15 is 0 Å². The van der Waals surface area contributed by atoms with Crippen LogP contribution >= 0.6 is 11.6 Å². The van der Waals surface area contributed by atoms with Crippen LogP contribution in [-0.2, 0) is 4.74 Å². The molecule has 1 aromatic rings. The minimum absolute atomic E-state index is 0.0731. The summed E-state index contributed by atoms with van der Waals surface area (Å²) in [6.07, 6.45) is 1.30. The summed E-state index contributed by atoms with van der Waals surface area (Å²) in [5.41, 5.74) is -0.347. The third-order valence-corrected chi connectivity index (χ3v) is 1.89. The smallest absolute Gasteiger partial charge is 0.271 e. The summed E-state index contributed by atoms with van der Waals surface area (Å²) in [7, 11) is 0. The fourth-order valence-corrected chi connectivity index (χ4v) is 1.06. The Balaban J connectivity index is 2.51. The van der Waals surface area contributed by atoms with Gasteiger partial charge in [0, 0.05) is 13.2 Å². The van der Waals surface area contributed by atoms with Crippen molar-refractivity contribution in [3.8, 4) is 0 Å². The lowest BCUT2D eigenvalue weighted by Gasteiger charge is -2.05. The van der Waals surface area contributed by atoms with Crippen molar-refractivity contribution in [2.75, 3.05) is 25.1 Å². The Morgan fingerprint density at radius 3 is 3.21 bits per heavy atom. The molecule has 1 aromatic heterocycles. The highest BCUT2D eigenvalue weighted by Gasteiger charge is 2.03. The van der Waals surface area contributed by atoms with Crippen LogP contribution in [0, 0.1) is 0 Å². The Morgan fingerprint density at radius 2 is 2.50 bits per heavy atom. The van der Waals surface area contributed by atoms with Gasteiger partial charge in [-0.3, -0.25) is 4.79 Å².